The highest BCUT2D eigenvalue weighted by molar-refractivity contribution is 5.91. The van der Waals surface area contributed by atoms with E-state index in [0.717, 1.165) is 28.1 Å². The van der Waals surface area contributed by atoms with Crippen LogP contribution in [0.1, 0.15) is 33.2 Å². The normalized spacial score (nSPS) is 19.0. The van der Waals surface area contributed by atoms with E-state index in [1.807, 2.05) is 37.3 Å². The van der Waals surface area contributed by atoms with Crippen molar-refractivity contribution >= 4 is 11.7 Å². The highest BCUT2D eigenvalue weighted by Gasteiger charge is 2.28. The van der Waals surface area contributed by atoms with Gasteiger partial charge in [-0.1, -0.05) is 24.3 Å². The van der Waals surface area contributed by atoms with Gasteiger partial charge in [0.1, 0.15) is 11.9 Å². The first-order chi connectivity index (χ1) is 15.0. The average Bonchev–Trinajstić information content (AvgIpc) is 2.79. The van der Waals surface area contributed by atoms with Gasteiger partial charge in [-0.15, -0.1) is 0 Å². The Morgan fingerprint density at radius 2 is 2.13 bits per heavy atom. The van der Waals surface area contributed by atoms with Gasteiger partial charge in [-0.05, 0) is 36.2 Å². The van der Waals surface area contributed by atoms with Crippen molar-refractivity contribution in [3.63, 3.8) is 0 Å². The number of phenolic OH excluding ortho intramolecular Hbond substituents is 1. The molecule has 0 radical (unpaired) electrons. The third-order valence-electron chi connectivity index (χ3n) is 5.60. The molecule has 1 atom stereocenters. The topological polar surface area (TPSA) is 114 Å². The number of allylic oxidation sites excluding steroid dienone is 1. The smallest absolute Gasteiger partial charge is 0.338 e. The van der Waals surface area contributed by atoms with Gasteiger partial charge < -0.3 is 25.2 Å². The first-order valence-corrected chi connectivity index (χ1v) is 10.1. The molecule has 0 bridgehead atoms. The van der Waals surface area contributed by atoms with Crippen LogP contribution in [0.3, 0.4) is 0 Å². The first-order valence-electron chi connectivity index (χ1n) is 10.1. The number of benzene rings is 2. The minimum absolute atomic E-state index is 0.160. The van der Waals surface area contributed by atoms with E-state index in [2.05, 4.69) is 10.3 Å². The fraction of sp³-hybridized carbons (Fsp3) is 0.261. The number of morpholine rings is 1. The fourth-order valence-electron chi connectivity index (χ4n) is 3.93. The first kappa shape index (κ1) is 20.8. The number of rotatable bonds is 4. The number of hydrogen-bond donors (Lipinski definition) is 4. The SMILES string of the molecule is COC(=O)c1ccc(C2CN(C3=C(N)N[NH2+]C(c4ccccc4O)=C3)CCO2)cc1C. The Bertz CT molecular complexity index is 1060. The van der Waals surface area contributed by atoms with E-state index in [9.17, 15) is 9.90 Å². The second-order valence-corrected chi connectivity index (χ2v) is 7.58. The predicted molar refractivity (Wildman–Crippen MR) is 115 cm³/mol. The maximum Gasteiger partial charge on any atom is 0.338 e. The molecule has 162 valence electrons. The number of ether oxygens (including phenoxy) is 2. The fourth-order valence-corrected chi connectivity index (χ4v) is 3.93. The van der Waals surface area contributed by atoms with Crippen molar-refractivity contribution in [1.82, 2.24) is 10.3 Å². The van der Waals surface area contributed by atoms with E-state index in [4.69, 9.17) is 15.2 Å². The van der Waals surface area contributed by atoms with Gasteiger partial charge in [-0.3, -0.25) is 0 Å². The van der Waals surface area contributed by atoms with E-state index in [1.165, 1.54) is 7.11 Å². The number of esters is 1. The van der Waals surface area contributed by atoms with E-state index in [-0.39, 0.29) is 17.8 Å². The molecule has 0 amide bonds. The summed E-state index contributed by atoms with van der Waals surface area (Å²) in [6.45, 7) is 3.74. The van der Waals surface area contributed by atoms with Gasteiger partial charge in [0.25, 0.3) is 0 Å². The Hall–Kier alpha value is -3.49. The number of quaternary nitrogens is 1. The van der Waals surface area contributed by atoms with Crippen LogP contribution in [0.5, 0.6) is 5.75 Å². The van der Waals surface area contributed by atoms with Crippen molar-refractivity contribution in [2.75, 3.05) is 26.8 Å². The lowest BCUT2D eigenvalue weighted by molar-refractivity contribution is -0.619. The molecule has 0 aromatic heterocycles. The number of nitrogens with two attached hydrogens (primary N) is 2. The summed E-state index contributed by atoms with van der Waals surface area (Å²) in [5.74, 6) is 0.421. The zero-order valence-corrected chi connectivity index (χ0v) is 17.6. The zero-order chi connectivity index (χ0) is 22.0. The van der Waals surface area contributed by atoms with E-state index >= 15 is 0 Å². The molecule has 2 aliphatic heterocycles. The molecule has 1 fully saturated rings. The van der Waals surface area contributed by atoms with Crippen molar-refractivity contribution in [2.24, 2.45) is 5.73 Å². The van der Waals surface area contributed by atoms with Crippen molar-refractivity contribution in [3.8, 4) is 5.75 Å². The number of carbonyl (C=O) groups is 1. The van der Waals surface area contributed by atoms with E-state index < -0.39 is 0 Å². The Labute approximate surface area is 180 Å². The summed E-state index contributed by atoms with van der Waals surface area (Å²) < 4.78 is 10.9. The molecule has 6 N–H and O–H groups in total. The van der Waals surface area contributed by atoms with Crippen molar-refractivity contribution in [1.29, 1.82) is 0 Å². The van der Waals surface area contributed by atoms with Crippen LogP contribution in [-0.4, -0.2) is 42.8 Å². The predicted octanol–water partition coefficient (Wildman–Crippen LogP) is 1.11. The van der Waals surface area contributed by atoms with Crippen LogP contribution in [0.15, 0.2) is 60.1 Å². The summed E-state index contributed by atoms with van der Waals surface area (Å²) in [6, 6.07) is 12.9. The second-order valence-electron chi connectivity index (χ2n) is 7.58. The molecule has 2 aromatic rings. The van der Waals surface area contributed by atoms with E-state index in [1.54, 1.807) is 23.6 Å². The molecule has 1 saturated heterocycles. The summed E-state index contributed by atoms with van der Waals surface area (Å²) >= 11 is 0. The van der Waals surface area contributed by atoms with Crippen molar-refractivity contribution in [3.05, 3.63) is 82.3 Å². The minimum atomic E-state index is -0.348. The number of aromatic hydroxyl groups is 1. The van der Waals surface area contributed by atoms with Crippen molar-refractivity contribution < 1.29 is 24.8 Å². The molecule has 8 heteroatoms. The molecule has 0 aliphatic carbocycles. The summed E-state index contributed by atoms with van der Waals surface area (Å²) in [6.07, 6.45) is 1.82. The molecule has 8 nitrogen and oxygen atoms in total. The lowest BCUT2D eigenvalue weighted by Crippen LogP contribution is -2.91. The van der Waals surface area contributed by atoms with Gasteiger partial charge in [-0.25, -0.2) is 15.6 Å². The minimum Gasteiger partial charge on any atom is -0.507 e. The zero-order valence-electron chi connectivity index (χ0n) is 17.6. The largest absolute Gasteiger partial charge is 0.507 e. The molecular weight excluding hydrogens is 396 g/mol. The van der Waals surface area contributed by atoms with Gasteiger partial charge in [0.15, 0.2) is 11.5 Å². The summed E-state index contributed by atoms with van der Waals surface area (Å²) in [5.41, 5.74) is 16.0. The van der Waals surface area contributed by atoms with Crippen LogP contribution in [0.4, 0.5) is 0 Å². The second kappa shape index (κ2) is 8.71. The third kappa shape index (κ3) is 4.21. The number of phenols is 1. The molecule has 0 saturated carbocycles. The number of carbonyl (C=O) groups excluding carboxylic acids is 1. The van der Waals surface area contributed by atoms with E-state index in [0.29, 0.717) is 31.1 Å². The monoisotopic (exact) mass is 423 g/mol. The molecule has 4 rings (SSSR count). The number of aryl methyl sites for hydroxylation is 1. The lowest BCUT2D eigenvalue weighted by Gasteiger charge is -2.36. The van der Waals surface area contributed by atoms with Crippen LogP contribution in [-0.2, 0) is 9.47 Å². The van der Waals surface area contributed by atoms with Gasteiger partial charge in [0, 0.05) is 19.2 Å². The number of nitrogens with zero attached hydrogens (tertiary/aromatic N) is 1. The molecular formula is C23H27N4O4+. The standard InChI is InChI=1S/C23H26N4O4/c1-14-11-15(7-8-16(14)23(29)30-2)21-13-27(9-10-31-21)19-12-18(25-26-22(19)24)17-5-3-4-6-20(17)28/h3-8,11-12,21,25-26,28H,9-10,13,24H2,1-2H3/p+1. The maximum atomic E-state index is 11.9. The molecule has 2 heterocycles. The Balaban J connectivity index is 1.57. The number of nitrogens with one attached hydrogen (secondary N) is 1. The lowest BCUT2D eigenvalue weighted by atomic mass is 10.0. The Morgan fingerprint density at radius 1 is 1.32 bits per heavy atom. The molecule has 2 aromatic carbocycles. The molecule has 31 heavy (non-hydrogen) atoms. The van der Waals surface area contributed by atoms with Gasteiger partial charge >= 0.3 is 5.97 Å². The van der Waals surface area contributed by atoms with Crippen LogP contribution in [0.25, 0.3) is 5.70 Å². The van der Waals surface area contributed by atoms with Gasteiger partial charge in [-0.2, -0.15) is 0 Å². The van der Waals surface area contributed by atoms with Gasteiger partial charge in [0.05, 0.1) is 30.5 Å². The summed E-state index contributed by atoms with van der Waals surface area (Å²) in [5, 5.41) is 10.2. The van der Waals surface area contributed by atoms with Crippen molar-refractivity contribution in [2.45, 2.75) is 13.0 Å². The summed E-state index contributed by atoms with van der Waals surface area (Å²) in [4.78, 5) is 14.0. The van der Waals surface area contributed by atoms with Crippen LogP contribution < -0.4 is 16.6 Å². The third-order valence-corrected chi connectivity index (χ3v) is 5.60. The quantitative estimate of drug-likeness (QED) is 0.430. The maximum absolute atomic E-state index is 11.9. The molecule has 0 spiro atoms. The van der Waals surface area contributed by atoms with Crippen LogP contribution >= 0.6 is 0 Å². The molecule has 1 unspecified atom stereocenters. The highest BCUT2D eigenvalue weighted by atomic mass is 16.5. The molecule has 2 aliphatic rings. The van der Waals surface area contributed by atoms with Gasteiger partial charge in [0.2, 0.25) is 0 Å². The number of hydrogen-bond acceptors (Lipinski definition) is 7. The van der Waals surface area contributed by atoms with Crippen LogP contribution in [0.2, 0.25) is 0 Å². The number of methoxy groups -OCH3 is 1. The van der Waals surface area contributed by atoms with Crippen LogP contribution in [0, 0.1) is 6.92 Å². The average molecular weight is 423 g/mol. The summed E-state index contributed by atoms with van der Waals surface area (Å²) in [7, 11) is 1.38. The Kier molecular flexibility index (Phi) is 5.83. The highest BCUT2D eigenvalue weighted by Crippen LogP contribution is 2.29. The Morgan fingerprint density at radius 3 is 2.87 bits per heavy atom. The number of para-hydroxylation sites is 1.